The lowest BCUT2D eigenvalue weighted by Crippen LogP contribution is -2.20. The Morgan fingerprint density at radius 3 is 2.75 bits per heavy atom. The molecule has 1 aliphatic heterocycles. The van der Waals surface area contributed by atoms with E-state index in [-0.39, 0.29) is 11.6 Å². The summed E-state index contributed by atoms with van der Waals surface area (Å²) in [5, 5.41) is 2.18. The second kappa shape index (κ2) is 2.14. The SMILES string of the molecule is Cc1ccnc2c1C(=O)NC2=O. The minimum Gasteiger partial charge on any atom is -0.287 e. The Labute approximate surface area is 68.6 Å². The van der Waals surface area contributed by atoms with Crippen LogP contribution < -0.4 is 5.32 Å². The predicted octanol–water partition coefficient (Wildman–Crippen LogP) is 0.274. The van der Waals surface area contributed by atoms with Crippen LogP contribution in [0.15, 0.2) is 12.3 Å². The maximum atomic E-state index is 11.1. The van der Waals surface area contributed by atoms with Gasteiger partial charge in [-0.05, 0) is 18.6 Å². The third-order valence-electron chi connectivity index (χ3n) is 1.83. The average molecular weight is 162 g/mol. The number of hydrogen-bond donors (Lipinski definition) is 1. The van der Waals surface area contributed by atoms with Gasteiger partial charge in [-0.25, -0.2) is 0 Å². The second-order valence-electron chi connectivity index (χ2n) is 2.63. The van der Waals surface area contributed by atoms with Gasteiger partial charge in [-0.15, -0.1) is 0 Å². The number of fused-ring (bicyclic) bond motifs is 1. The Bertz CT molecular complexity index is 385. The highest BCUT2D eigenvalue weighted by molar-refractivity contribution is 6.21. The number of hydrogen-bond acceptors (Lipinski definition) is 3. The van der Waals surface area contributed by atoms with E-state index in [1.54, 1.807) is 13.0 Å². The van der Waals surface area contributed by atoms with Crippen molar-refractivity contribution in [1.29, 1.82) is 0 Å². The van der Waals surface area contributed by atoms with Crippen LogP contribution in [0.1, 0.15) is 26.4 Å². The van der Waals surface area contributed by atoms with Gasteiger partial charge in [0, 0.05) is 6.20 Å². The Morgan fingerprint density at radius 1 is 1.33 bits per heavy atom. The molecule has 0 unspecified atom stereocenters. The summed E-state index contributed by atoms with van der Waals surface area (Å²) in [4.78, 5) is 26.0. The van der Waals surface area contributed by atoms with E-state index in [0.29, 0.717) is 5.56 Å². The van der Waals surface area contributed by atoms with Gasteiger partial charge in [-0.2, -0.15) is 0 Å². The van der Waals surface area contributed by atoms with Gasteiger partial charge in [0.15, 0.2) is 0 Å². The van der Waals surface area contributed by atoms with Crippen molar-refractivity contribution in [3.8, 4) is 0 Å². The first kappa shape index (κ1) is 6.97. The monoisotopic (exact) mass is 162 g/mol. The molecule has 12 heavy (non-hydrogen) atoms. The van der Waals surface area contributed by atoms with Crippen LogP contribution in [0.2, 0.25) is 0 Å². The minimum absolute atomic E-state index is 0.236. The number of carbonyl (C=O) groups is 2. The van der Waals surface area contributed by atoms with Gasteiger partial charge < -0.3 is 0 Å². The Morgan fingerprint density at radius 2 is 2.08 bits per heavy atom. The molecular formula is C8H6N2O2. The van der Waals surface area contributed by atoms with Crippen molar-refractivity contribution >= 4 is 11.8 Å². The van der Waals surface area contributed by atoms with Crippen LogP contribution in [0, 0.1) is 6.92 Å². The van der Waals surface area contributed by atoms with Crippen LogP contribution in [0.3, 0.4) is 0 Å². The van der Waals surface area contributed by atoms with E-state index in [1.807, 2.05) is 0 Å². The average Bonchev–Trinajstić information content (AvgIpc) is 2.29. The zero-order chi connectivity index (χ0) is 8.72. The number of rotatable bonds is 0. The van der Waals surface area contributed by atoms with Crippen molar-refractivity contribution in [3.63, 3.8) is 0 Å². The number of amides is 2. The van der Waals surface area contributed by atoms with Crippen LogP contribution in [-0.2, 0) is 0 Å². The van der Waals surface area contributed by atoms with Crippen LogP contribution >= 0.6 is 0 Å². The molecule has 1 aliphatic rings. The van der Waals surface area contributed by atoms with E-state index in [4.69, 9.17) is 0 Å². The number of aromatic nitrogens is 1. The molecule has 0 atom stereocenters. The maximum absolute atomic E-state index is 11.1. The molecule has 4 heteroatoms. The van der Waals surface area contributed by atoms with Crippen molar-refractivity contribution in [2.75, 3.05) is 0 Å². The van der Waals surface area contributed by atoms with Gasteiger partial charge in [0.05, 0.1) is 5.56 Å². The highest BCUT2D eigenvalue weighted by Crippen LogP contribution is 2.15. The molecule has 60 valence electrons. The zero-order valence-corrected chi connectivity index (χ0v) is 6.42. The van der Waals surface area contributed by atoms with E-state index >= 15 is 0 Å². The van der Waals surface area contributed by atoms with Crippen LogP contribution in [-0.4, -0.2) is 16.8 Å². The number of nitrogens with zero attached hydrogens (tertiary/aromatic N) is 1. The van der Waals surface area contributed by atoms with E-state index in [0.717, 1.165) is 5.56 Å². The fraction of sp³-hybridized carbons (Fsp3) is 0.125. The van der Waals surface area contributed by atoms with Gasteiger partial charge in [-0.3, -0.25) is 19.9 Å². The zero-order valence-electron chi connectivity index (χ0n) is 6.42. The van der Waals surface area contributed by atoms with Gasteiger partial charge in [0.1, 0.15) is 5.69 Å². The fourth-order valence-electron chi connectivity index (χ4n) is 1.24. The number of carbonyl (C=O) groups excluding carboxylic acids is 2. The van der Waals surface area contributed by atoms with Gasteiger partial charge in [-0.1, -0.05) is 0 Å². The minimum atomic E-state index is -0.404. The summed E-state index contributed by atoms with van der Waals surface area (Å²) < 4.78 is 0. The number of pyridine rings is 1. The van der Waals surface area contributed by atoms with Crippen LogP contribution in [0.4, 0.5) is 0 Å². The van der Waals surface area contributed by atoms with Crippen LogP contribution in [0.25, 0.3) is 0 Å². The molecule has 2 heterocycles. The van der Waals surface area contributed by atoms with Crippen molar-refractivity contribution in [2.24, 2.45) is 0 Å². The molecule has 0 saturated heterocycles. The van der Waals surface area contributed by atoms with Crippen molar-refractivity contribution in [1.82, 2.24) is 10.3 Å². The predicted molar refractivity (Wildman–Crippen MR) is 40.8 cm³/mol. The number of nitrogens with one attached hydrogen (secondary N) is 1. The van der Waals surface area contributed by atoms with E-state index in [2.05, 4.69) is 10.3 Å². The first-order chi connectivity index (χ1) is 5.70. The summed E-state index contributed by atoms with van der Waals surface area (Å²) in [5.74, 6) is -0.751. The van der Waals surface area contributed by atoms with Gasteiger partial charge in [0.25, 0.3) is 11.8 Å². The van der Waals surface area contributed by atoms with E-state index in [9.17, 15) is 9.59 Å². The summed E-state index contributed by atoms with van der Waals surface area (Å²) in [6, 6.07) is 1.71. The third kappa shape index (κ3) is 0.747. The van der Waals surface area contributed by atoms with Crippen molar-refractivity contribution < 1.29 is 9.59 Å². The molecule has 0 fully saturated rings. The summed E-state index contributed by atoms with van der Waals surface area (Å²) in [7, 11) is 0. The molecule has 2 amide bonds. The second-order valence-corrected chi connectivity index (χ2v) is 2.63. The maximum Gasteiger partial charge on any atom is 0.277 e. The van der Waals surface area contributed by atoms with Crippen molar-refractivity contribution in [2.45, 2.75) is 6.92 Å². The lowest BCUT2D eigenvalue weighted by Gasteiger charge is -1.95. The Hall–Kier alpha value is -1.71. The molecule has 1 N–H and O–H groups in total. The molecule has 0 aliphatic carbocycles. The molecule has 1 aromatic rings. The smallest absolute Gasteiger partial charge is 0.277 e. The molecule has 0 spiro atoms. The molecule has 0 saturated carbocycles. The van der Waals surface area contributed by atoms with Gasteiger partial charge >= 0.3 is 0 Å². The largest absolute Gasteiger partial charge is 0.287 e. The summed E-state index contributed by atoms with van der Waals surface area (Å²) in [5.41, 5.74) is 1.42. The summed E-state index contributed by atoms with van der Waals surface area (Å²) >= 11 is 0. The van der Waals surface area contributed by atoms with Crippen molar-refractivity contribution in [3.05, 3.63) is 29.1 Å². The molecular weight excluding hydrogens is 156 g/mol. The standard InChI is InChI=1S/C8H6N2O2/c1-4-2-3-9-6-5(4)7(11)10-8(6)12/h2-3H,1H3,(H,10,11,12). The lowest BCUT2D eigenvalue weighted by atomic mass is 10.1. The molecule has 0 aromatic carbocycles. The van der Waals surface area contributed by atoms with Gasteiger partial charge in [0.2, 0.25) is 0 Å². The molecule has 2 rings (SSSR count). The summed E-state index contributed by atoms with van der Waals surface area (Å²) in [6.07, 6.45) is 1.52. The highest BCUT2D eigenvalue weighted by Gasteiger charge is 2.29. The summed E-state index contributed by atoms with van der Waals surface area (Å²) in [6.45, 7) is 1.78. The molecule has 4 nitrogen and oxygen atoms in total. The highest BCUT2D eigenvalue weighted by atomic mass is 16.2. The van der Waals surface area contributed by atoms with Crippen LogP contribution in [0.5, 0.6) is 0 Å². The first-order valence-corrected chi connectivity index (χ1v) is 3.51. The Balaban J connectivity index is 2.75. The lowest BCUT2D eigenvalue weighted by molar-refractivity contribution is 0.0878. The molecule has 1 aromatic heterocycles. The normalized spacial score (nSPS) is 14.4. The topological polar surface area (TPSA) is 59.1 Å². The fourth-order valence-corrected chi connectivity index (χ4v) is 1.24. The van der Waals surface area contributed by atoms with E-state index < -0.39 is 5.91 Å². The third-order valence-corrected chi connectivity index (χ3v) is 1.83. The molecule has 0 bridgehead atoms. The number of aryl methyl sites for hydroxylation is 1. The van der Waals surface area contributed by atoms with E-state index in [1.165, 1.54) is 6.20 Å². The first-order valence-electron chi connectivity index (χ1n) is 3.51. The number of imide groups is 1. The molecule has 0 radical (unpaired) electrons. The quantitative estimate of drug-likeness (QED) is 0.557. The Kier molecular flexibility index (Phi) is 1.24.